The van der Waals surface area contributed by atoms with Gasteiger partial charge in [0.25, 0.3) is 0 Å². The Morgan fingerprint density at radius 2 is 1.94 bits per heavy atom. The molecule has 0 unspecified atom stereocenters. The van der Waals surface area contributed by atoms with Gasteiger partial charge in [0.15, 0.2) is 5.82 Å². The standard InChI is InChI=1S/C12H7F2N3O/c13-10-5-16-12(17-6-10)18-7-9-2-1-8(4-15)3-11(9)14/h1-3,5-6H,7H2. The van der Waals surface area contributed by atoms with Crippen molar-refractivity contribution in [1.29, 1.82) is 5.26 Å². The van der Waals surface area contributed by atoms with Crippen LogP contribution in [-0.2, 0) is 6.61 Å². The molecule has 0 spiro atoms. The first-order valence-electron chi connectivity index (χ1n) is 4.98. The van der Waals surface area contributed by atoms with Crippen molar-refractivity contribution in [2.45, 2.75) is 6.61 Å². The highest BCUT2D eigenvalue weighted by Gasteiger charge is 2.05. The number of ether oxygens (including phenoxy) is 1. The van der Waals surface area contributed by atoms with E-state index in [2.05, 4.69) is 9.97 Å². The third-order valence-electron chi connectivity index (χ3n) is 2.14. The van der Waals surface area contributed by atoms with Gasteiger partial charge in [-0.1, -0.05) is 6.07 Å². The summed E-state index contributed by atoms with van der Waals surface area (Å²) in [6, 6.07) is 5.82. The molecular formula is C12H7F2N3O. The van der Waals surface area contributed by atoms with E-state index >= 15 is 0 Å². The fraction of sp³-hybridized carbons (Fsp3) is 0.0833. The molecule has 0 fully saturated rings. The van der Waals surface area contributed by atoms with Crippen LogP contribution in [0.25, 0.3) is 0 Å². The second-order valence-electron chi connectivity index (χ2n) is 3.39. The summed E-state index contributed by atoms with van der Waals surface area (Å²) in [5.41, 5.74) is 0.496. The Bertz CT molecular complexity index is 593. The maximum absolute atomic E-state index is 13.5. The van der Waals surface area contributed by atoms with E-state index in [1.165, 1.54) is 12.1 Å². The molecule has 2 aromatic rings. The van der Waals surface area contributed by atoms with Gasteiger partial charge in [0.05, 0.1) is 24.0 Å². The van der Waals surface area contributed by atoms with Crippen LogP contribution in [0.1, 0.15) is 11.1 Å². The second kappa shape index (κ2) is 5.19. The van der Waals surface area contributed by atoms with Crippen molar-refractivity contribution >= 4 is 0 Å². The number of nitriles is 1. The second-order valence-corrected chi connectivity index (χ2v) is 3.39. The van der Waals surface area contributed by atoms with Crippen LogP contribution in [0.15, 0.2) is 30.6 Å². The Morgan fingerprint density at radius 3 is 2.56 bits per heavy atom. The van der Waals surface area contributed by atoms with E-state index in [1.54, 1.807) is 0 Å². The lowest BCUT2D eigenvalue weighted by Crippen LogP contribution is -2.02. The van der Waals surface area contributed by atoms with Crippen LogP contribution in [-0.4, -0.2) is 9.97 Å². The van der Waals surface area contributed by atoms with Gasteiger partial charge >= 0.3 is 6.01 Å². The Morgan fingerprint density at radius 1 is 1.22 bits per heavy atom. The number of hydrogen-bond acceptors (Lipinski definition) is 4. The highest BCUT2D eigenvalue weighted by molar-refractivity contribution is 5.32. The molecule has 90 valence electrons. The first-order valence-corrected chi connectivity index (χ1v) is 4.98. The van der Waals surface area contributed by atoms with Gasteiger partial charge in [-0.2, -0.15) is 5.26 Å². The molecular weight excluding hydrogens is 240 g/mol. The number of aromatic nitrogens is 2. The highest BCUT2D eigenvalue weighted by Crippen LogP contribution is 2.12. The van der Waals surface area contributed by atoms with E-state index in [4.69, 9.17) is 10.00 Å². The predicted octanol–water partition coefficient (Wildman–Crippen LogP) is 2.21. The fourth-order valence-electron chi connectivity index (χ4n) is 1.25. The third-order valence-corrected chi connectivity index (χ3v) is 2.14. The van der Waals surface area contributed by atoms with Crippen molar-refractivity contribution in [1.82, 2.24) is 9.97 Å². The smallest absolute Gasteiger partial charge is 0.316 e. The van der Waals surface area contributed by atoms with Gasteiger partial charge in [0.2, 0.25) is 0 Å². The molecule has 1 heterocycles. The maximum atomic E-state index is 13.5. The Hall–Kier alpha value is -2.55. The molecule has 0 radical (unpaired) electrons. The SMILES string of the molecule is N#Cc1ccc(COc2ncc(F)cn2)c(F)c1. The molecule has 0 amide bonds. The van der Waals surface area contributed by atoms with Crippen molar-refractivity contribution in [3.05, 3.63) is 53.4 Å². The van der Waals surface area contributed by atoms with Crippen molar-refractivity contribution in [2.24, 2.45) is 0 Å². The molecule has 0 saturated carbocycles. The minimum atomic E-state index is -0.577. The van der Waals surface area contributed by atoms with Gasteiger partial charge in [-0.05, 0) is 12.1 Å². The van der Waals surface area contributed by atoms with Crippen LogP contribution >= 0.6 is 0 Å². The fourth-order valence-corrected chi connectivity index (χ4v) is 1.25. The van der Waals surface area contributed by atoms with E-state index in [0.717, 1.165) is 18.5 Å². The first-order chi connectivity index (χ1) is 8.69. The maximum Gasteiger partial charge on any atom is 0.316 e. The van der Waals surface area contributed by atoms with Crippen LogP contribution in [0, 0.1) is 23.0 Å². The van der Waals surface area contributed by atoms with Gasteiger partial charge in [-0.25, -0.2) is 18.7 Å². The molecule has 0 N–H and O–H groups in total. The van der Waals surface area contributed by atoms with Crippen LogP contribution in [0.2, 0.25) is 0 Å². The number of nitrogens with zero attached hydrogens (tertiary/aromatic N) is 3. The average molecular weight is 247 g/mol. The molecule has 0 aliphatic heterocycles. The van der Waals surface area contributed by atoms with E-state index in [0.29, 0.717) is 0 Å². The van der Waals surface area contributed by atoms with Crippen LogP contribution in [0.4, 0.5) is 8.78 Å². The van der Waals surface area contributed by atoms with Crippen LogP contribution < -0.4 is 4.74 Å². The van der Waals surface area contributed by atoms with Crippen molar-refractivity contribution in [3.8, 4) is 12.1 Å². The summed E-state index contributed by atoms with van der Waals surface area (Å²) in [6.07, 6.45) is 1.91. The van der Waals surface area contributed by atoms with Crippen molar-refractivity contribution < 1.29 is 13.5 Å². The lowest BCUT2D eigenvalue weighted by molar-refractivity contribution is 0.274. The summed E-state index contributed by atoms with van der Waals surface area (Å²) in [5.74, 6) is -1.12. The van der Waals surface area contributed by atoms with E-state index in [-0.39, 0.29) is 23.7 Å². The summed E-state index contributed by atoms with van der Waals surface area (Å²) in [6.45, 7) is -0.0941. The minimum Gasteiger partial charge on any atom is -0.458 e. The Labute approximate surface area is 101 Å². The first kappa shape index (κ1) is 11.9. The summed E-state index contributed by atoms with van der Waals surface area (Å²) in [7, 11) is 0. The van der Waals surface area contributed by atoms with Gasteiger partial charge in [-0.3, -0.25) is 0 Å². The largest absolute Gasteiger partial charge is 0.458 e. The number of rotatable bonds is 3. The summed E-state index contributed by atoms with van der Waals surface area (Å²) < 4.78 is 31.1. The predicted molar refractivity (Wildman–Crippen MR) is 57.4 cm³/mol. The molecule has 0 saturated heterocycles. The van der Waals surface area contributed by atoms with Gasteiger partial charge in [0.1, 0.15) is 12.4 Å². The number of halogens is 2. The molecule has 0 aliphatic carbocycles. The Balaban J connectivity index is 2.06. The molecule has 4 nitrogen and oxygen atoms in total. The zero-order valence-corrected chi connectivity index (χ0v) is 9.10. The topological polar surface area (TPSA) is 58.8 Å². The van der Waals surface area contributed by atoms with Crippen LogP contribution in [0.5, 0.6) is 6.01 Å². The molecule has 18 heavy (non-hydrogen) atoms. The normalized spacial score (nSPS) is 9.83. The lowest BCUT2D eigenvalue weighted by Gasteiger charge is -2.05. The van der Waals surface area contributed by atoms with Crippen molar-refractivity contribution in [2.75, 3.05) is 0 Å². The summed E-state index contributed by atoms with van der Waals surface area (Å²) in [4.78, 5) is 7.15. The lowest BCUT2D eigenvalue weighted by atomic mass is 10.1. The zero-order chi connectivity index (χ0) is 13.0. The minimum absolute atomic E-state index is 0.0415. The summed E-state index contributed by atoms with van der Waals surface area (Å²) in [5, 5.41) is 8.58. The summed E-state index contributed by atoms with van der Waals surface area (Å²) >= 11 is 0. The molecule has 6 heteroatoms. The van der Waals surface area contributed by atoms with Crippen molar-refractivity contribution in [3.63, 3.8) is 0 Å². The Kier molecular flexibility index (Phi) is 3.44. The van der Waals surface area contributed by atoms with E-state index < -0.39 is 11.6 Å². The van der Waals surface area contributed by atoms with Gasteiger partial charge in [0, 0.05) is 5.56 Å². The van der Waals surface area contributed by atoms with Gasteiger partial charge in [-0.15, -0.1) is 0 Å². The molecule has 0 aliphatic rings. The molecule has 0 bridgehead atoms. The monoisotopic (exact) mass is 247 g/mol. The highest BCUT2D eigenvalue weighted by atomic mass is 19.1. The molecule has 1 aromatic heterocycles. The van der Waals surface area contributed by atoms with E-state index in [1.807, 2.05) is 6.07 Å². The van der Waals surface area contributed by atoms with Gasteiger partial charge < -0.3 is 4.74 Å². The average Bonchev–Trinajstić information content (AvgIpc) is 2.39. The zero-order valence-electron chi connectivity index (χ0n) is 9.10. The molecule has 0 atom stereocenters. The molecule has 2 rings (SSSR count). The van der Waals surface area contributed by atoms with Crippen LogP contribution in [0.3, 0.4) is 0 Å². The van der Waals surface area contributed by atoms with E-state index in [9.17, 15) is 8.78 Å². The molecule has 1 aromatic carbocycles. The quantitative estimate of drug-likeness (QED) is 0.834. The third kappa shape index (κ3) is 2.77. The number of hydrogen-bond donors (Lipinski definition) is 0. The number of benzene rings is 1.